The maximum atomic E-state index is 12.6. The van der Waals surface area contributed by atoms with Crippen molar-refractivity contribution < 1.29 is 9.59 Å². The van der Waals surface area contributed by atoms with E-state index in [1.54, 1.807) is 24.5 Å². The van der Waals surface area contributed by atoms with E-state index in [-0.39, 0.29) is 11.9 Å². The number of rotatable bonds is 3. The SMILES string of the molecule is NC(=O)Nc1cc(C#Cc2cccnc2)sc1C(=O)N[C@H]1CCCNC1. The summed E-state index contributed by atoms with van der Waals surface area (Å²) in [5.74, 6) is 5.75. The number of anilines is 1. The predicted molar refractivity (Wildman–Crippen MR) is 101 cm³/mol. The average molecular weight is 369 g/mol. The Bertz CT molecular complexity index is 847. The summed E-state index contributed by atoms with van der Waals surface area (Å²) in [5, 5.41) is 8.75. The van der Waals surface area contributed by atoms with Gasteiger partial charge in [-0.25, -0.2) is 4.79 Å². The molecule has 3 heterocycles. The molecule has 26 heavy (non-hydrogen) atoms. The number of thiophene rings is 1. The lowest BCUT2D eigenvalue weighted by molar-refractivity contribution is 0.0935. The monoisotopic (exact) mass is 369 g/mol. The highest BCUT2D eigenvalue weighted by Gasteiger charge is 2.21. The Balaban J connectivity index is 1.81. The number of primary amides is 1. The maximum Gasteiger partial charge on any atom is 0.316 e. The van der Waals surface area contributed by atoms with Gasteiger partial charge in [-0.1, -0.05) is 11.8 Å². The maximum absolute atomic E-state index is 12.6. The average Bonchev–Trinajstić information content (AvgIpc) is 3.04. The van der Waals surface area contributed by atoms with Crippen LogP contribution in [0.3, 0.4) is 0 Å². The summed E-state index contributed by atoms with van der Waals surface area (Å²) in [6.45, 7) is 1.71. The smallest absolute Gasteiger partial charge is 0.316 e. The van der Waals surface area contributed by atoms with Crippen molar-refractivity contribution in [3.63, 3.8) is 0 Å². The number of carbonyl (C=O) groups excluding carboxylic acids is 2. The molecule has 1 fully saturated rings. The Labute approximate surface area is 155 Å². The van der Waals surface area contributed by atoms with Crippen molar-refractivity contribution in [1.29, 1.82) is 0 Å². The highest BCUT2D eigenvalue weighted by atomic mass is 32.1. The fourth-order valence-corrected chi connectivity index (χ4v) is 3.51. The van der Waals surface area contributed by atoms with Crippen LogP contribution in [0.25, 0.3) is 0 Å². The molecule has 0 spiro atoms. The number of nitrogens with zero attached hydrogens (tertiary/aromatic N) is 1. The minimum Gasteiger partial charge on any atom is -0.351 e. The number of nitrogens with one attached hydrogen (secondary N) is 3. The number of pyridine rings is 1. The molecule has 0 unspecified atom stereocenters. The van der Waals surface area contributed by atoms with E-state index in [0.717, 1.165) is 31.5 Å². The van der Waals surface area contributed by atoms with E-state index >= 15 is 0 Å². The molecule has 1 aliphatic heterocycles. The van der Waals surface area contributed by atoms with Gasteiger partial charge in [0.25, 0.3) is 5.91 Å². The number of urea groups is 1. The molecule has 0 radical (unpaired) electrons. The van der Waals surface area contributed by atoms with Gasteiger partial charge in [0, 0.05) is 30.5 Å². The number of aromatic nitrogens is 1. The fraction of sp³-hybridized carbons (Fsp3) is 0.278. The van der Waals surface area contributed by atoms with Gasteiger partial charge in [0.2, 0.25) is 0 Å². The zero-order valence-electron chi connectivity index (χ0n) is 14.0. The van der Waals surface area contributed by atoms with Gasteiger partial charge in [0.15, 0.2) is 0 Å². The molecule has 8 heteroatoms. The fourth-order valence-electron chi connectivity index (χ4n) is 2.64. The second-order valence-electron chi connectivity index (χ2n) is 5.85. The van der Waals surface area contributed by atoms with Crippen LogP contribution in [0.2, 0.25) is 0 Å². The van der Waals surface area contributed by atoms with Crippen molar-refractivity contribution in [3.8, 4) is 11.8 Å². The molecule has 0 bridgehead atoms. The molecule has 1 saturated heterocycles. The summed E-state index contributed by atoms with van der Waals surface area (Å²) in [5.41, 5.74) is 6.36. The van der Waals surface area contributed by atoms with Crippen LogP contribution in [-0.2, 0) is 0 Å². The van der Waals surface area contributed by atoms with Crippen LogP contribution in [0.15, 0.2) is 30.6 Å². The van der Waals surface area contributed by atoms with Crippen LogP contribution in [0, 0.1) is 11.8 Å². The summed E-state index contributed by atoms with van der Waals surface area (Å²) in [6, 6.07) is 4.66. The quantitative estimate of drug-likeness (QED) is 0.615. The van der Waals surface area contributed by atoms with Gasteiger partial charge in [-0.05, 0) is 37.6 Å². The van der Waals surface area contributed by atoms with Gasteiger partial charge in [0.1, 0.15) is 4.88 Å². The molecule has 0 aliphatic carbocycles. The molecule has 0 aromatic carbocycles. The lowest BCUT2D eigenvalue weighted by atomic mass is 10.1. The van der Waals surface area contributed by atoms with Crippen molar-refractivity contribution >= 4 is 29.0 Å². The first-order valence-corrected chi connectivity index (χ1v) is 9.07. The number of piperidine rings is 1. The lowest BCUT2D eigenvalue weighted by Crippen LogP contribution is -2.45. The second-order valence-corrected chi connectivity index (χ2v) is 6.90. The lowest BCUT2D eigenvalue weighted by Gasteiger charge is -2.23. The topological polar surface area (TPSA) is 109 Å². The molecule has 1 aliphatic rings. The summed E-state index contributed by atoms with van der Waals surface area (Å²) in [4.78, 5) is 28.9. The standard InChI is InChI=1S/C18H19N5O2S/c19-18(25)23-15-9-14(6-5-12-3-1-7-20-10-12)26-16(15)17(24)22-13-4-2-8-21-11-13/h1,3,7,9-10,13,21H,2,4,8,11H2,(H,22,24)(H3,19,23,25)/t13-/m0/s1. The van der Waals surface area contributed by atoms with E-state index in [1.807, 2.05) is 6.07 Å². The number of hydrogen-bond donors (Lipinski definition) is 4. The van der Waals surface area contributed by atoms with Crippen LogP contribution >= 0.6 is 11.3 Å². The highest BCUT2D eigenvalue weighted by Crippen LogP contribution is 2.27. The van der Waals surface area contributed by atoms with Crippen LogP contribution in [-0.4, -0.2) is 36.1 Å². The Morgan fingerprint density at radius 2 is 2.27 bits per heavy atom. The van der Waals surface area contributed by atoms with E-state index < -0.39 is 6.03 Å². The molecule has 5 N–H and O–H groups in total. The van der Waals surface area contributed by atoms with Crippen molar-refractivity contribution in [2.24, 2.45) is 5.73 Å². The summed E-state index contributed by atoms with van der Waals surface area (Å²) < 4.78 is 0. The minimum atomic E-state index is -0.719. The van der Waals surface area contributed by atoms with Gasteiger partial charge in [-0.3, -0.25) is 9.78 Å². The molecular weight excluding hydrogens is 350 g/mol. The molecule has 0 saturated carbocycles. The first kappa shape index (κ1) is 17.9. The molecule has 2 aromatic heterocycles. The Hall–Kier alpha value is -2.89. The summed E-state index contributed by atoms with van der Waals surface area (Å²) >= 11 is 1.22. The first-order chi connectivity index (χ1) is 12.6. The van der Waals surface area contributed by atoms with Gasteiger partial charge in [-0.2, -0.15) is 0 Å². The third kappa shape index (κ3) is 4.81. The van der Waals surface area contributed by atoms with E-state index in [1.165, 1.54) is 11.3 Å². The van der Waals surface area contributed by atoms with Crippen molar-refractivity contribution in [3.05, 3.63) is 45.9 Å². The second kappa shape index (κ2) is 8.47. The molecule has 3 amide bonds. The third-order valence-electron chi connectivity index (χ3n) is 3.82. The van der Waals surface area contributed by atoms with Gasteiger partial charge in [-0.15, -0.1) is 11.3 Å². The van der Waals surface area contributed by atoms with Crippen LogP contribution < -0.4 is 21.7 Å². The zero-order chi connectivity index (χ0) is 18.4. The Kier molecular flexibility index (Phi) is 5.84. The predicted octanol–water partition coefficient (Wildman–Crippen LogP) is 1.52. The van der Waals surface area contributed by atoms with Crippen molar-refractivity contribution in [2.45, 2.75) is 18.9 Å². The highest BCUT2D eigenvalue weighted by molar-refractivity contribution is 7.15. The molecule has 7 nitrogen and oxygen atoms in total. The first-order valence-electron chi connectivity index (χ1n) is 8.26. The Morgan fingerprint density at radius 1 is 1.38 bits per heavy atom. The number of nitrogens with two attached hydrogens (primary N) is 1. The van der Waals surface area contributed by atoms with Crippen molar-refractivity contribution in [2.75, 3.05) is 18.4 Å². The number of amides is 3. The van der Waals surface area contributed by atoms with Crippen LogP contribution in [0.5, 0.6) is 0 Å². The molecule has 1 atom stereocenters. The van der Waals surface area contributed by atoms with E-state index in [9.17, 15) is 9.59 Å². The largest absolute Gasteiger partial charge is 0.351 e. The minimum absolute atomic E-state index is 0.0738. The summed E-state index contributed by atoms with van der Waals surface area (Å²) in [7, 11) is 0. The molecule has 3 rings (SSSR count). The van der Waals surface area contributed by atoms with Crippen molar-refractivity contribution in [1.82, 2.24) is 15.6 Å². The number of hydrogen-bond acceptors (Lipinski definition) is 5. The van der Waals surface area contributed by atoms with E-state index in [4.69, 9.17) is 5.73 Å². The Morgan fingerprint density at radius 3 is 2.96 bits per heavy atom. The number of carbonyl (C=O) groups is 2. The summed E-state index contributed by atoms with van der Waals surface area (Å²) in [6.07, 6.45) is 5.28. The van der Waals surface area contributed by atoms with E-state index in [2.05, 4.69) is 32.8 Å². The molecule has 2 aromatic rings. The molecular formula is C18H19N5O2S. The molecule has 134 valence electrons. The van der Waals surface area contributed by atoms with E-state index in [0.29, 0.717) is 15.4 Å². The van der Waals surface area contributed by atoms with Crippen LogP contribution in [0.1, 0.15) is 33.0 Å². The van der Waals surface area contributed by atoms with Gasteiger partial charge in [0.05, 0.1) is 10.6 Å². The normalized spacial score (nSPS) is 16.2. The van der Waals surface area contributed by atoms with Crippen LogP contribution in [0.4, 0.5) is 10.5 Å². The van der Waals surface area contributed by atoms with Gasteiger partial charge < -0.3 is 21.7 Å². The third-order valence-corrected chi connectivity index (χ3v) is 4.87. The zero-order valence-corrected chi connectivity index (χ0v) is 14.9. The van der Waals surface area contributed by atoms with Gasteiger partial charge >= 0.3 is 6.03 Å².